The molecule has 2 aromatic rings. The minimum absolute atomic E-state index is 0.0434. The fraction of sp³-hybridized carbons (Fsp3) is 0.316. The molecule has 2 heterocycles. The number of aromatic nitrogens is 1. The summed E-state index contributed by atoms with van der Waals surface area (Å²) >= 11 is 0. The standard InChI is InChI=1S/C19H22N4O2/c1-14(2)15-3-5-17(6-4-15)23-12-11-22(19(23)25)13-18(24)21-16-7-9-20-10-8-16/h3-10,14H,11-13H2,1-2H3,(H,20,21,24). The Bertz CT molecular complexity index is 744. The Hall–Kier alpha value is -2.89. The lowest BCUT2D eigenvalue weighted by Gasteiger charge is -2.19. The summed E-state index contributed by atoms with van der Waals surface area (Å²) in [5.74, 6) is 0.244. The number of carbonyl (C=O) groups excluding carboxylic acids is 2. The van der Waals surface area contributed by atoms with Gasteiger partial charge in [0, 0.05) is 36.9 Å². The van der Waals surface area contributed by atoms with Crippen molar-refractivity contribution in [3.05, 3.63) is 54.4 Å². The zero-order valence-electron chi connectivity index (χ0n) is 14.5. The molecule has 0 saturated carbocycles. The Morgan fingerprint density at radius 2 is 1.80 bits per heavy atom. The summed E-state index contributed by atoms with van der Waals surface area (Å²) in [6.45, 7) is 5.44. The number of rotatable bonds is 5. The number of carbonyl (C=O) groups is 2. The van der Waals surface area contributed by atoms with Crippen LogP contribution in [0.15, 0.2) is 48.8 Å². The molecular weight excluding hydrogens is 316 g/mol. The van der Waals surface area contributed by atoms with Crippen LogP contribution in [0.1, 0.15) is 25.3 Å². The molecule has 0 bridgehead atoms. The smallest absolute Gasteiger partial charge is 0.324 e. The molecule has 1 N–H and O–H groups in total. The van der Waals surface area contributed by atoms with E-state index >= 15 is 0 Å². The number of nitrogens with one attached hydrogen (secondary N) is 1. The highest BCUT2D eigenvalue weighted by Gasteiger charge is 2.30. The minimum atomic E-state index is -0.212. The molecule has 130 valence electrons. The second-order valence-corrected chi connectivity index (χ2v) is 6.39. The number of pyridine rings is 1. The second kappa shape index (κ2) is 7.34. The van der Waals surface area contributed by atoms with Gasteiger partial charge in [0.25, 0.3) is 0 Å². The molecule has 0 radical (unpaired) electrons. The number of benzene rings is 1. The zero-order chi connectivity index (χ0) is 17.8. The van der Waals surface area contributed by atoms with Crippen molar-refractivity contribution in [2.45, 2.75) is 19.8 Å². The van der Waals surface area contributed by atoms with E-state index in [1.165, 1.54) is 5.56 Å². The molecule has 1 aliphatic rings. The summed E-state index contributed by atoms with van der Waals surface area (Å²) < 4.78 is 0. The van der Waals surface area contributed by atoms with Crippen LogP contribution < -0.4 is 10.2 Å². The molecule has 1 saturated heterocycles. The van der Waals surface area contributed by atoms with Crippen molar-refractivity contribution in [2.24, 2.45) is 0 Å². The van der Waals surface area contributed by atoms with Crippen molar-refractivity contribution in [3.8, 4) is 0 Å². The van der Waals surface area contributed by atoms with Gasteiger partial charge in [0.05, 0.1) is 0 Å². The second-order valence-electron chi connectivity index (χ2n) is 6.39. The number of urea groups is 1. The first-order valence-corrected chi connectivity index (χ1v) is 8.41. The maximum absolute atomic E-state index is 12.6. The fourth-order valence-corrected chi connectivity index (χ4v) is 2.82. The highest BCUT2D eigenvalue weighted by atomic mass is 16.2. The summed E-state index contributed by atoms with van der Waals surface area (Å²) in [6, 6.07) is 11.3. The van der Waals surface area contributed by atoms with Crippen molar-refractivity contribution in [1.29, 1.82) is 0 Å². The van der Waals surface area contributed by atoms with Crippen LogP contribution in [0.5, 0.6) is 0 Å². The van der Waals surface area contributed by atoms with Gasteiger partial charge in [-0.15, -0.1) is 0 Å². The molecule has 3 amide bonds. The van der Waals surface area contributed by atoms with E-state index in [2.05, 4.69) is 24.1 Å². The maximum Gasteiger partial charge on any atom is 0.325 e. The van der Waals surface area contributed by atoms with Crippen molar-refractivity contribution in [1.82, 2.24) is 9.88 Å². The zero-order valence-corrected chi connectivity index (χ0v) is 14.5. The number of amides is 3. The highest BCUT2D eigenvalue weighted by Crippen LogP contribution is 2.23. The van der Waals surface area contributed by atoms with E-state index < -0.39 is 0 Å². The predicted octanol–water partition coefficient (Wildman–Crippen LogP) is 3.09. The van der Waals surface area contributed by atoms with Crippen LogP contribution in [-0.4, -0.2) is 41.5 Å². The first-order chi connectivity index (χ1) is 12.0. The van der Waals surface area contributed by atoms with E-state index in [0.29, 0.717) is 24.7 Å². The largest absolute Gasteiger partial charge is 0.325 e. The van der Waals surface area contributed by atoms with Crippen LogP contribution in [0.3, 0.4) is 0 Å². The summed E-state index contributed by atoms with van der Waals surface area (Å²) in [5.41, 5.74) is 2.78. The number of hydrogen-bond donors (Lipinski definition) is 1. The minimum Gasteiger partial charge on any atom is -0.324 e. The van der Waals surface area contributed by atoms with Gasteiger partial charge in [0.1, 0.15) is 6.54 Å². The third-order valence-corrected chi connectivity index (χ3v) is 4.26. The molecular formula is C19H22N4O2. The molecule has 1 fully saturated rings. The normalized spacial score (nSPS) is 14.3. The van der Waals surface area contributed by atoms with Gasteiger partial charge in [0.15, 0.2) is 0 Å². The molecule has 6 nitrogen and oxygen atoms in total. The van der Waals surface area contributed by atoms with Gasteiger partial charge >= 0.3 is 6.03 Å². The van der Waals surface area contributed by atoms with Crippen LogP contribution in [0, 0.1) is 0 Å². The van der Waals surface area contributed by atoms with Crippen LogP contribution in [-0.2, 0) is 4.79 Å². The van der Waals surface area contributed by atoms with Gasteiger partial charge in [-0.25, -0.2) is 4.79 Å². The lowest BCUT2D eigenvalue weighted by atomic mass is 10.0. The Balaban J connectivity index is 1.60. The van der Waals surface area contributed by atoms with Gasteiger partial charge in [-0.05, 0) is 35.7 Å². The first-order valence-electron chi connectivity index (χ1n) is 8.41. The average molecular weight is 338 g/mol. The lowest BCUT2D eigenvalue weighted by molar-refractivity contribution is -0.116. The molecule has 0 aliphatic carbocycles. The lowest BCUT2D eigenvalue weighted by Crippen LogP contribution is -2.37. The van der Waals surface area contributed by atoms with Crippen LogP contribution >= 0.6 is 0 Å². The SMILES string of the molecule is CC(C)c1ccc(N2CCN(CC(=O)Nc3ccncc3)C2=O)cc1. The summed E-state index contributed by atoms with van der Waals surface area (Å²) in [7, 11) is 0. The number of hydrogen-bond acceptors (Lipinski definition) is 3. The van der Waals surface area contributed by atoms with Gasteiger partial charge in [0.2, 0.25) is 5.91 Å². The number of nitrogens with zero attached hydrogens (tertiary/aromatic N) is 3. The topological polar surface area (TPSA) is 65.5 Å². The molecule has 0 atom stereocenters. The molecule has 0 unspecified atom stereocenters. The summed E-state index contributed by atoms with van der Waals surface area (Å²) in [5, 5.41) is 2.77. The Morgan fingerprint density at radius 1 is 1.12 bits per heavy atom. The van der Waals surface area contributed by atoms with Crippen molar-refractivity contribution in [3.63, 3.8) is 0 Å². The molecule has 25 heavy (non-hydrogen) atoms. The molecule has 1 aromatic carbocycles. The van der Waals surface area contributed by atoms with E-state index in [-0.39, 0.29) is 18.5 Å². The molecule has 6 heteroatoms. The Morgan fingerprint density at radius 3 is 2.44 bits per heavy atom. The third kappa shape index (κ3) is 3.96. The van der Waals surface area contributed by atoms with Crippen molar-refractivity contribution < 1.29 is 9.59 Å². The first kappa shape index (κ1) is 17.0. The van der Waals surface area contributed by atoms with Crippen LogP contribution in [0.2, 0.25) is 0 Å². The molecule has 0 spiro atoms. The fourth-order valence-electron chi connectivity index (χ4n) is 2.82. The van der Waals surface area contributed by atoms with E-state index in [9.17, 15) is 9.59 Å². The Labute approximate surface area is 147 Å². The average Bonchev–Trinajstić information content (AvgIpc) is 2.96. The van der Waals surface area contributed by atoms with E-state index in [4.69, 9.17) is 0 Å². The van der Waals surface area contributed by atoms with E-state index in [1.807, 2.05) is 24.3 Å². The van der Waals surface area contributed by atoms with Crippen LogP contribution in [0.25, 0.3) is 0 Å². The van der Waals surface area contributed by atoms with Crippen LogP contribution in [0.4, 0.5) is 16.2 Å². The monoisotopic (exact) mass is 338 g/mol. The maximum atomic E-state index is 12.6. The van der Waals surface area contributed by atoms with Crippen molar-refractivity contribution >= 4 is 23.3 Å². The van der Waals surface area contributed by atoms with E-state index in [1.54, 1.807) is 34.3 Å². The predicted molar refractivity (Wildman–Crippen MR) is 97.7 cm³/mol. The molecule has 1 aromatic heterocycles. The number of anilines is 2. The van der Waals surface area contributed by atoms with Gasteiger partial charge < -0.3 is 10.2 Å². The molecule has 1 aliphatic heterocycles. The Kier molecular flexibility index (Phi) is 4.97. The van der Waals surface area contributed by atoms with Gasteiger partial charge in [-0.1, -0.05) is 26.0 Å². The van der Waals surface area contributed by atoms with Crippen molar-refractivity contribution in [2.75, 3.05) is 29.9 Å². The van der Waals surface area contributed by atoms with E-state index in [0.717, 1.165) is 5.69 Å². The third-order valence-electron chi connectivity index (χ3n) is 4.26. The quantitative estimate of drug-likeness (QED) is 0.911. The summed E-state index contributed by atoms with van der Waals surface area (Å²) in [6.07, 6.45) is 3.22. The highest BCUT2D eigenvalue weighted by molar-refractivity contribution is 5.99. The van der Waals surface area contributed by atoms with Gasteiger partial charge in [-0.3, -0.25) is 14.7 Å². The molecule has 3 rings (SSSR count). The summed E-state index contributed by atoms with van der Waals surface area (Å²) in [4.78, 5) is 31.9. The van der Waals surface area contributed by atoms with Gasteiger partial charge in [-0.2, -0.15) is 0 Å².